The van der Waals surface area contributed by atoms with E-state index in [-0.39, 0.29) is 12.4 Å². The van der Waals surface area contributed by atoms with E-state index >= 15 is 0 Å². The number of methoxy groups -OCH3 is 1. The van der Waals surface area contributed by atoms with Crippen LogP contribution in [-0.2, 0) is 13.7 Å². The number of ether oxygens (including phenoxy) is 2. The van der Waals surface area contributed by atoms with Crippen molar-refractivity contribution in [1.82, 2.24) is 9.78 Å². The van der Waals surface area contributed by atoms with Crippen molar-refractivity contribution < 1.29 is 9.47 Å². The third-order valence-electron chi connectivity index (χ3n) is 3.06. The second kappa shape index (κ2) is 6.05. The summed E-state index contributed by atoms with van der Waals surface area (Å²) in [6.07, 6.45) is 0. The highest BCUT2D eigenvalue weighted by molar-refractivity contribution is 6.31. The van der Waals surface area contributed by atoms with E-state index in [0.29, 0.717) is 22.1 Å². The van der Waals surface area contributed by atoms with E-state index in [4.69, 9.17) is 32.2 Å². The van der Waals surface area contributed by atoms with Crippen molar-refractivity contribution in [1.29, 1.82) is 5.41 Å². The zero-order valence-electron chi connectivity index (χ0n) is 12.1. The van der Waals surface area contributed by atoms with Gasteiger partial charge in [0.1, 0.15) is 23.9 Å². The Kier molecular flexibility index (Phi) is 4.37. The number of hydrogen-bond donors (Lipinski definition) is 2. The molecule has 6 nitrogen and oxygen atoms in total. The van der Waals surface area contributed by atoms with E-state index in [1.165, 1.54) is 0 Å². The predicted molar refractivity (Wildman–Crippen MR) is 81.3 cm³/mol. The number of amidine groups is 1. The quantitative estimate of drug-likeness (QED) is 0.655. The van der Waals surface area contributed by atoms with Gasteiger partial charge in [-0.15, -0.1) is 0 Å². The Morgan fingerprint density at radius 1 is 1.38 bits per heavy atom. The zero-order valence-corrected chi connectivity index (χ0v) is 12.9. The van der Waals surface area contributed by atoms with Gasteiger partial charge in [-0.25, -0.2) is 0 Å². The van der Waals surface area contributed by atoms with Crippen LogP contribution in [0.15, 0.2) is 18.2 Å². The average molecular weight is 309 g/mol. The molecule has 0 aliphatic heterocycles. The van der Waals surface area contributed by atoms with Crippen molar-refractivity contribution in [2.24, 2.45) is 12.8 Å². The lowest BCUT2D eigenvalue weighted by atomic mass is 10.2. The standard InChI is InChI=1S/C14H17ClN4O2/c1-8-13(15)12(19(2)18-8)7-21-11-5-9(14(16)17)4-10(6-11)20-3/h4-6H,7H2,1-3H3,(H3,16,17). The van der Waals surface area contributed by atoms with Crippen LogP contribution in [0.1, 0.15) is 17.0 Å². The first-order valence-electron chi connectivity index (χ1n) is 6.26. The van der Waals surface area contributed by atoms with E-state index in [1.54, 1.807) is 30.0 Å². The molecule has 21 heavy (non-hydrogen) atoms. The number of aryl methyl sites for hydroxylation is 2. The molecule has 0 aliphatic rings. The first kappa shape index (κ1) is 15.2. The molecule has 0 bridgehead atoms. The van der Waals surface area contributed by atoms with E-state index in [1.807, 2.05) is 14.0 Å². The van der Waals surface area contributed by atoms with Gasteiger partial charge in [0.2, 0.25) is 0 Å². The molecule has 0 atom stereocenters. The number of benzene rings is 1. The van der Waals surface area contributed by atoms with Gasteiger partial charge in [0.05, 0.1) is 23.5 Å². The van der Waals surface area contributed by atoms with Gasteiger partial charge in [-0.3, -0.25) is 10.1 Å². The molecule has 0 amide bonds. The number of hydrogen-bond acceptors (Lipinski definition) is 4. The Morgan fingerprint density at radius 3 is 2.57 bits per heavy atom. The van der Waals surface area contributed by atoms with Gasteiger partial charge in [-0.1, -0.05) is 11.6 Å². The van der Waals surface area contributed by atoms with E-state index in [0.717, 1.165) is 11.4 Å². The molecular formula is C14H17ClN4O2. The molecule has 0 radical (unpaired) electrons. The van der Waals surface area contributed by atoms with Gasteiger partial charge < -0.3 is 15.2 Å². The molecule has 1 aromatic carbocycles. The van der Waals surface area contributed by atoms with Crippen molar-refractivity contribution in [2.75, 3.05) is 7.11 Å². The fourth-order valence-electron chi connectivity index (χ4n) is 1.92. The first-order chi connectivity index (χ1) is 9.92. The van der Waals surface area contributed by atoms with Crippen LogP contribution in [0.25, 0.3) is 0 Å². The predicted octanol–water partition coefficient (Wildman–Crippen LogP) is 2.25. The molecule has 3 N–H and O–H groups in total. The highest BCUT2D eigenvalue weighted by atomic mass is 35.5. The second-order valence-corrected chi connectivity index (χ2v) is 4.95. The number of rotatable bonds is 5. The molecule has 2 aromatic rings. The zero-order chi connectivity index (χ0) is 15.6. The average Bonchev–Trinajstić information content (AvgIpc) is 2.69. The molecule has 0 spiro atoms. The molecule has 7 heteroatoms. The monoisotopic (exact) mass is 308 g/mol. The maximum atomic E-state index is 7.50. The third-order valence-corrected chi connectivity index (χ3v) is 3.56. The van der Waals surface area contributed by atoms with Crippen molar-refractivity contribution in [3.05, 3.63) is 40.2 Å². The van der Waals surface area contributed by atoms with Crippen molar-refractivity contribution >= 4 is 17.4 Å². The Morgan fingerprint density at radius 2 is 2.05 bits per heavy atom. The third kappa shape index (κ3) is 3.28. The SMILES string of the molecule is COc1cc(OCc2c(Cl)c(C)nn2C)cc(C(=N)N)c1. The molecule has 0 aliphatic carbocycles. The van der Waals surface area contributed by atoms with Gasteiger partial charge in [-0.2, -0.15) is 5.10 Å². The van der Waals surface area contributed by atoms with Crippen LogP contribution in [-0.4, -0.2) is 22.7 Å². The van der Waals surface area contributed by atoms with Crippen LogP contribution in [0.5, 0.6) is 11.5 Å². The lowest BCUT2D eigenvalue weighted by Gasteiger charge is -2.10. The summed E-state index contributed by atoms with van der Waals surface area (Å²) in [4.78, 5) is 0. The maximum Gasteiger partial charge on any atom is 0.131 e. The van der Waals surface area contributed by atoms with Gasteiger partial charge in [-0.05, 0) is 19.1 Å². The molecule has 0 saturated heterocycles. The molecule has 1 heterocycles. The van der Waals surface area contributed by atoms with Crippen molar-refractivity contribution in [3.63, 3.8) is 0 Å². The van der Waals surface area contributed by atoms with E-state index < -0.39 is 0 Å². The van der Waals surface area contributed by atoms with Gasteiger partial charge >= 0.3 is 0 Å². The summed E-state index contributed by atoms with van der Waals surface area (Å²) in [6.45, 7) is 2.10. The molecule has 0 saturated carbocycles. The van der Waals surface area contributed by atoms with Gasteiger partial charge in [0, 0.05) is 18.7 Å². The smallest absolute Gasteiger partial charge is 0.131 e. The van der Waals surface area contributed by atoms with Gasteiger partial charge in [0.15, 0.2) is 0 Å². The highest BCUT2D eigenvalue weighted by Gasteiger charge is 2.12. The number of nitrogens with one attached hydrogen (secondary N) is 1. The summed E-state index contributed by atoms with van der Waals surface area (Å²) in [6, 6.07) is 5.09. The van der Waals surface area contributed by atoms with Crippen molar-refractivity contribution in [2.45, 2.75) is 13.5 Å². The number of nitrogen functional groups attached to an aromatic ring is 1. The maximum absolute atomic E-state index is 7.50. The molecule has 2 rings (SSSR count). The lowest BCUT2D eigenvalue weighted by Crippen LogP contribution is -2.11. The van der Waals surface area contributed by atoms with E-state index in [2.05, 4.69) is 5.10 Å². The van der Waals surface area contributed by atoms with Crippen LogP contribution >= 0.6 is 11.6 Å². The summed E-state index contributed by atoms with van der Waals surface area (Å²) in [5.74, 6) is 1.08. The molecule has 112 valence electrons. The molecule has 0 unspecified atom stereocenters. The Balaban J connectivity index is 2.23. The summed E-state index contributed by atoms with van der Waals surface area (Å²) < 4.78 is 12.6. The number of aromatic nitrogens is 2. The topological polar surface area (TPSA) is 86.2 Å². The number of halogens is 1. The number of nitrogens with zero attached hydrogens (tertiary/aromatic N) is 2. The normalized spacial score (nSPS) is 10.5. The summed E-state index contributed by atoms with van der Waals surface area (Å²) in [5, 5.41) is 12.3. The first-order valence-corrected chi connectivity index (χ1v) is 6.64. The minimum absolute atomic E-state index is 0.0480. The summed E-state index contributed by atoms with van der Waals surface area (Å²) in [5.41, 5.74) is 7.58. The van der Waals surface area contributed by atoms with Crippen LogP contribution < -0.4 is 15.2 Å². The molecule has 0 fully saturated rings. The van der Waals surface area contributed by atoms with E-state index in [9.17, 15) is 0 Å². The van der Waals surface area contributed by atoms with Gasteiger partial charge in [0.25, 0.3) is 0 Å². The fraction of sp³-hybridized carbons (Fsp3) is 0.286. The lowest BCUT2D eigenvalue weighted by molar-refractivity contribution is 0.292. The Bertz CT molecular complexity index is 682. The summed E-state index contributed by atoms with van der Waals surface area (Å²) in [7, 11) is 3.36. The minimum atomic E-state index is -0.0480. The fourth-order valence-corrected chi connectivity index (χ4v) is 2.13. The molecular weight excluding hydrogens is 292 g/mol. The summed E-state index contributed by atoms with van der Waals surface area (Å²) >= 11 is 6.18. The Labute approximate surface area is 127 Å². The largest absolute Gasteiger partial charge is 0.497 e. The van der Waals surface area contributed by atoms with Crippen LogP contribution in [0.3, 0.4) is 0 Å². The van der Waals surface area contributed by atoms with Crippen molar-refractivity contribution in [3.8, 4) is 11.5 Å². The van der Waals surface area contributed by atoms with Crippen LogP contribution in [0.2, 0.25) is 5.02 Å². The van der Waals surface area contributed by atoms with Crippen LogP contribution in [0, 0.1) is 12.3 Å². The molecule has 1 aromatic heterocycles. The Hall–Kier alpha value is -2.21. The van der Waals surface area contributed by atoms with Crippen LogP contribution in [0.4, 0.5) is 0 Å². The second-order valence-electron chi connectivity index (χ2n) is 4.57. The number of nitrogens with two attached hydrogens (primary N) is 1. The highest BCUT2D eigenvalue weighted by Crippen LogP contribution is 2.25. The minimum Gasteiger partial charge on any atom is -0.497 e.